The first-order chi connectivity index (χ1) is 10.0. The summed E-state index contributed by atoms with van der Waals surface area (Å²) in [6.07, 6.45) is 7.15. The lowest BCUT2D eigenvalue weighted by Crippen LogP contribution is -2.37. The predicted molar refractivity (Wildman–Crippen MR) is 78.8 cm³/mol. The minimum Gasteiger partial charge on any atom is -0.481 e. The number of hydrogen-bond acceptors (Lipinski definition) is 3. The average Bonchev–Trinajstić information content (AvgIpc) is 2.88. The Morgan fingerprint density at radius 1 is 1.14 bits per heavy atom. The van der Waals surface area contributed by atoms with E-state index in [9.17, 15) is 9.59 Å². The van der Waals surface area contributed by atoms with Crippen LogP contribution in [0.5, 0.6) is 0 Å². The van der Waals surface area contributed by atoms with Gasteiger partial charge in [0, 0.05) is 26.1 Å². The Morgan fingerprint density at radius 3 is 2.48 bits per heavy atom. The van der Waals surface area contributed by atoms with E-state index in [4.69, 9.17) is 10.2 Å². The Labute approximate surface area is 126 Å². The summed E-state index contributed by atoms with van der Waals surface area (Å²) in [4.78, 5) is 25.6. The van der Waals surface area contributed by atoms with E-state index in [0.29, 0.717) is 12.3 Å². The lowest BCUT2D eigenvalue weighted by molar-refractivity contribution is -0.142. The number of rotatable bonds is 6. The second kappa shape index (κ2) is 7.25. The quantitative estimate of drug-likeness (QED) is 0.786. The highest BCUT2D eigenvalue weighted by Gasteiger charge is 2.38. The largest absolute Gasteiger partial charge is 0.481 e. The first kappa shape index (κ1) is 16.3. The van der Waals surface area contributed by atoms with Crippen LogP contribution >= 0.6 is 0 Å². The van der Waals surface area contributed by atoms with Crippen molar-refractivity contribution in [1.29, 1.82) is 0 Å². The third-order valence-electron chi connectivity index (χ3n) is 5.14. The standard InChI is InChI=1S/C16H27NO4/c18-9-5-13-4-8-17(12-13)14(19)10-16(11-15(20)21)6-2-1-3-7-16/h13,18H,1-12H2,(H,20,21). The molecule has 1 atom stereocenters. The molecule has 2 fully saturated rings. The molecule has 0 aromatic rings. The molecule has 0 radical (unpaired) electrons. The zero-order valence-corrected chi connectivity index (χ0v) is 12.7. The topological polar surface area (TPSA) is 77.8 Å². The molecule has 1 aliphatic carbocycles. The molecule has 0 spiro atoms. The molecule has 5 nitrogen and oxygen atoms in total. The maximum Gasteiger partial charge on any atom is 0.303 e. The van der Waals surface area contributed by atoms with Crippen LogP contribution in [-0.2, 0) is 9.59 Å². The molecule has 1 amide bonds. The summed E-state index contributed by atoms with van der Waals surface area (Å²) in [5, 5.41) is 18.2. The molecule has 0 bridgehead atoms. The first-order valence-corrected chi connectivity index (χ1v) is 8.15. The fourth-order valence-corrected chi connectivity index (χ4v) is 3.95. The summed E-state index contributed by atoms with van der Waals surface area (Å²) in [5.41, 5.74) is -0.323. The monoisotopic (exact) mass is 297 g/mol. The summed E-state index contributed by atoms with van der Waals surface area (Å²) in [7, 11) is 0. The van der Waals surface area contributed by atoms with Gasteiger partial charge in [-0.05, 0) is 37.0 Å². The predicted octanol–water partition coefficient (Wildman–Crippen LogP) is 2.03. The van der Waals surface area contributed by atoms with Gasteiger partial charge < -0.3 is 15.1 Å². The highest BCUT2D eigenvalue weighted by atomic mass is 16.4. The molecule has 0 aromatic carbocycles. The number of carbonyl (C=O) groups excluding carboxylic acids is 1. The fourth-order valence-electron chi connectivity index (χ4n) is 3.95. The number of hydrogen-bond donors (Lipinski definition) is 2. The van der Waals surface area contributed by atoms with Crippen LogP contribution < -0.4 is 0 Å². The lowest BCUT2D eigenvalue weighted by atomic mass is 9.69. The van der Waals surface area contributed by atoms with Crippen molar-refractivity contribution in [3.8, 4) is 0 Å². The minimum atomic E-state index is -0.788. The first-order valence-electron chi connectivity index (χ1n) is 8.15. The zero-order chi connectivity index (χ0) is 15.3. The number of likely N-dealkylation sites (tertiary alicyclic amines) is 1. The van der Waals surface area contributed by atoms with Crippen LogP contribution in [0, 0.1) is 11.3 Å². The van der Waals surface area contributed by atoms with E-state index in [1.807, 2.05) is 4.90 Å². The van der Waals surface area contributed by atoms with Crippen LogP contribution in [-0.4, -0.2) is 46.7 Å². The molecule has 1 unspecified atom stereocenters. The number of carboxylic acids is 1. The number of carbonyl (C=O) groups is 2. The van der Waals surface area contributed by atoms with Crippen LogP contribution in [0.3, 0.4) is 0 Å². The van der Waals surface area contributed by atoms with E-state index >= 15 is 0 Å². The number of carboxylic acid groups (broad SMARTS) is 1. The Bertz CT molecular complexity index is 376. The van der Waals surface area contributed by atoms with Crippen molar-refractivity contribution in [2.75, 3.05) is 19.7 Å². The summed E-state index contributed by atoms with van der Waals surface area (Å²) in [6, 6.07) is 0. The van der Waals surface area contributed by atoms with Crippen molar-refractivity contribution < 1.29 is 19.8 Å². The molecule has 2 N–H and O–H groups in total. The van der Waals surface area contributed by atoms with Crippen molar-refractivity contribution in [3.63, 3.8) is 0 Å². The van der Waals surface area contributed by atoms with Crippen LogP contribution in [0.15, 0.2) is 0 Å². The number of aliphatic carboxylic acids is 1. The Balaban J connectivity index is 1.93. The normalized spacial score (nSPS) is 25.0. The molecule has 2 aliphatic rings. The third kappa shape index (κ3) is 4.43. The van der Waals surface area contributed by atoms with Crippen LogP contribution in [0.2, 0.25) is 0 Å². The van der Waals surface area contributed by atoms with Gasteiger partial charge in [-0.15, -0.1) is 0 Å². The molecule has 1 saturated carbocycles. The second-order valence-corrected chi connectivity index (χ2v) is 6.81. The highest BCUT2D eigenvalue weighted by Crippen LogP contribution is 2.43. The van der Waals surface area contributed by atoms with Gasteiger partial charge in [0.05, 0.1) is 6.42 Å². The van der Waals surface area contributed by atoms with Gasteiger partial charge in [-0.3, -0.25) is 9.59 Å². The van der Waals surface area contributed by atoms with Gasteiger partial charge in [-0.1, -0.05) is 19.3 Å². The number of nitrogens with zero attached hydrogens (tertiary/aromatic N) is 1. The maximum absolute atomic E-state index is 12.5. The van der Waals surface area contributed by atoms with Gasteiger partial charge in [-0.2, -0.15) is 0 Å². The molecule has 5 heteroatoms. The Morgan fingerprint density at radius 2 is 1.86 bits per heavy atom. The molecule has 120 valence electrons. The van der Waals surface area contributed by atoms with Gasteiger partial charge >= 0.3 is 5.97 Å². The van der Waals surface area contributed by atoms with Crippen molar-refractivity contribution in [2.24, 2.45) is 11.3 Å². The molecular weight excluding hydrogens is 270 g/mol. The van der Waals surface area contributed by atoms with Crippen molar-refractivity contribution in [2.45, 2.75) is 57.8 Å². The maximum atomic E-state index is 12.5. The van der Waals surface area contributed by atoms with E-state index in [0.717, 1.165) is 58.0 Å². The highest BCUT2D eigenvalue weighted by molar-refractivity contribution is 5.78. The number of aliphatic hydroxyl groups excluding tert-OH is 1. The van der Waals surface area contributed by atoms with Crippen LogP contribution in [0.1, 0.15) is 57.8 Å². The lowest BCUT2D eigenvalue weighted by Gasteiger charge is -2.36. The van der Waals surface area contributed by atoms with Gasteiger partial charge in [0.25, 0.3) is 0 Å². The van der Waals surface area contributed by atoms with E-state index < -0.39 is 5.97 Å². The molecule has 21 heavy (non-hydrogen) atoms. The van der Waals surface area contributed by atoms with Crippen LogP contribution in [0.25, 0.3) is 0 Å². The van der Waals surface area contributed by atoms with E-state index in [2.05, 4.69) is 0 Å². The Kier molecular flexibility index (Phi) is 5.62. The van der Waals surface area contributed by atoms with Gasteiger partial charge in [0.15, 0.2) is 0 Å². The summed E-state index contributed by atoms with van der Waals surface area (Å²) >= 11 is 0. The number of amides is 1. The van der Waals surface area contributed by atoms with Gasteiger partial charge in [-0.25, -0.2) is 0 Å². The van der Waals surface area contributed by atoms with E-state index in [1.54, 1.807) is 0 Å². The summed E-state index contributed by atoms with van der Waals surface area (Å²) in [5.74, 6) is -0.274. The average molecular weight is 297 g/mol. The van der Waals surface area contributed by atoms with Crippen molar-refractivity contribution >= 4 is 11.9 Å². The molecule has 0 aromatic heterocycles. The third-order valence-corrected chi connectivity index (χ3v) is 5.14. The minimum absolute atomic E-state index is 0.110. The molecule has 1 aliphatic heterocycles. The van der Waals surface area contributed by atoms with Gasteiger partial charge in [0.2, 0.25) is 5.91 Å². The SMILES string of the molecule is O=C(O)CC1(CC(=O)N2CCC(CCO)C2)CCCCC1. The molecule has 1 heterocycles. The van der Waals surface area contributed by atoms with E-state index in [1.165, 1.54) is 0 Å². The smallest absolute Gasteiger partial charge is 0.303 e. The summed E-state index contributed by atoms with van der Waals surface area (Å²) < 4.78 is 0. The molecular formula is C16H27NO4. The zero-order valence-electron chi connectivity index (χ0n) is 12.7. The molecule has 2 rings (SSSR count). The molecule has 1 saturated heterocycles. The van der Waals surface area contributed by atoms with Crippen molar-refractivity contribution in [3.05, 3.63) is 0 Å². The van der Waals surface area contributed by atoms with Crippen molar-refractivity contribution in [1.82, 2.24) is 4.90 Å². The van der Waals surface area contributed by atoms with E-state index in [-0.39, 0.29) is 24.3 Å². The second-order valence-electron chi connectivity index (χ2n) is 6.81. The summed E-state index contributed by atoms with van der Waals surface area (Å²) in [6.45, 7) is 1.66. The number of aliphatic hydroxyl groups is 1. The van der Waals surface area contributed by atoms with Crippen LogP contribution in [0.4, 0.5) is 0 Å². The fraction of sp³-hybridized carbons (Fsp3) is 0.875. The Hall–Kier alpha value is -1.10. The van der Waals surface area contributed by atoms with Gasteiger partial charge in [0.1, 0.15) is 0 Å².